The summed E-state index contributed by atoms with van der Waals surface area (Å²) in [4.78, 5) is 2.19. The standard InChI is InChI=1S/C6H14N2O.ClH/c1-8-2-3-9-5-6(7)4-8;/h6H,2-5,7H2,1H3;1H. The first-order valence-corrected chi connectivity index (χ1v) is 3.31. The average Bonchev–Trinajstić information content (AvgIpc) is 1.93. The quantitative estimate of drug-likeness (QED) is 0.537. The number of hydrogen-bond donors (Lipinski definition) is 1. The third-order valence-corrected chi connectivity index (χ3v) is 1.50. The average molecular weight is 167 g/mol. The Morgan fingerprint density at radius 3 is 3.00 bits per heavy atom. The largest absolute Gasteiger partial charge is 0.378 e. The van der Waals surface area contributed by atoms with Gasteiger partial charge in [0.1, 0.15) is 0 Å². The molecule has 0 aromatic carbocycles. The number of hydrogen-bond acceptors (Lipinski definition) is 3. The molecule has 0 aromatic heterocycles. The lowest BCUT2D eigenvalue weighted by Crippen LogP contribution is -2.35. The first-order valence-electron chi connectivity index (χ1n) is 3.31. The van der Waals surface area contributed by atoms with E-state index in [-0.39, 0.29) is 18.4 Å². The summed E-state index contributed by atoms with van der Waals surface area (Å²) in [5.74, 6) is 0. The van der Waals surface area contributed by atoms with Crippen LogP contribution in [0.15, 0.2) is 0 Å². The summed E-state index contributed by atoms with van der Waals surface area (Å²) < 4.78 is 5.21. The van der Waals surface area contributed by atoms with Gasteiger partial charge in [-0.15, -0.1) is 12.4 Å². The fourth-order valence-electron chi connectivity index (χ4n) is 0.999. The lowest BCUT2D eigenvalue weighted by atomic mass is 10.3. The Morgan fingerprint density at radius 1 is 1.60 bits per heavy atom. The molecule has 1 saturated heterocycles. The highest BCUT2D eigenvalue weighted by Gasteiger charge is 2.10. The highest BCUT2D eigenvalue weighted by Crippen LogP contribution is 1.93. The van der Waals surface area contributed by atoms with Crippen LogP contribution in [-0.2, 0) is 4.74 Å². The Balaban J connectivity index is 0.000000810. The van der Waals surface area contributed by atoms with Crippen molar-refractivity contribution in [1.82, 2.24) is 4.90 Å². The molecule has 0 bridgehead atoms. The van der Waals surface area contributed by atoms with Gasteiger partial charge >= 0.3 is 0 Å². The summed E-state index contributed by atoms with van der Waals surface area (Å²) in [7, 11) is 2.06. The van der Waals surface area contributed by atoms with E-state index in [2.05, 4.69) is 11.9 Å². The van der Waals surface area contributed by atoms with Gasteiger partial charge in [-0.25, -0.2) is 0 Å². The fraction of sp³-hybridized carbons (Fsp3) is 1.00. The van der Waals surface area contributed by atoms with Crippen molar-refractivity contribution in [2.45, 2.75) is 6.04 Å². The zero-order chi connectivity index (χ0) is 6.69. The maximum Gasteiger partial charge on any atom is 0.0630 e. The van der Waals surface area contributed by atoms with Crippen LogP contribution in [0.25, 0.3) is 0 Å². The van der Waals surface area contributed by atoms with Crippen molar-refractivity contribution in [3.63, 3.8) is 0 Å². The predicted octanol–water partition coefficient (Wildman–Crippen LogP) is -0.303. The van der Waals surface area contributed by atoms with E-state index in [0.29, 0.717) is 6.61 Å². The maximum atomic E-state index is 5.66. The molecule has 1 fully saturated rings. The van der Waals surface area contributed by atoms with Crippen molar-refractivity contribution in [2.75, 3.05) is 33.4 Å². The lowest BCUT2D eigenvalue weighted by molar-refractivity contribution is 0.138. The van der Waals surface area contributed by atoms with E-state index < -0.39 is 0 Å². The van der Waals surface area contributed by atoms with E-state index in [9.17, 15) is 0 Å². The second kappa shape index (κ2) is 4.91. The van der Waals surface area contributed by atoms with Gasteiger partial charge in [-0.3, -0.25) is 0 Å². The van der Waals surface area contributed by atoms with Gasteiger partial charge in [-0.1, -0.05) is 0 Å². The minimum Gasteiger partial charge on any atom is -0.378 e. The Kier molecular flexibility index (Phi) is 4.99. The van der Waals surface area contributed by atoms with Crippen LogP contribution in [0.4, 0.5) is 0 Å². The maximum absolute atomic E-state index is 5.66. The SMILES string of the molecule is CN1CCOCC(N)C1.Cl. The zero-order valence-corrected chi connectivity index (χ0v) is 7.06. The molecule has 0 spiro atoms. The van der Waals surface area contributed by atoms with Crippen molar-refractivity contribution >= 4 is 12.4 Å². The van der Waals surface area contributed by atoms with E-state index in [1.807, 2.05) is 0 Å². The molecule has 1 heterocycles. The van der Waals surface area contributed by atoms with Crippen LogP contribution in [0.5, 0.6) is 0 Å². The molecule has 1 aliphatic heterocycles. The highest BCUT2D eigenvalue weighted by molar-refractivity contribution is 5.85. The molecule has 2 N–H and O–H groups in total. The molecule has 4 heteroatoms. The van der Waals surface area contributed by atoms with Crippen LogP contribution >= 0.6 is 12.4 Å². The number of nitrogens with two attached hydrogens (primary N) is 1. The lowest BCUT2D eigenvalue weighted by Gasteiger charge is -2.13. The summed E-state index contributed by atoms with van der Waals surface area (Å²) >= 11 is 0. The molecule has 1 atom stereocenters. The van der Waals surface area contributed by atoms with Crippen molar-refractivity contribution in [3.8, 4) is 0 Å². The van der Waals surface area contributed by atoms with Gasteiger partial charge < -0.3 is 15.4 Å². The number of likely N-dealkylation sites (N-methyl/N-ethyl adjacent to an activating group) is 1. The van der Waals surface area contributed by atoms with Crippen LogP contribution < -0.4 is 5.73 Å². The van der Waals surface area contributed by atoms with Gasteiger partial charge in [0.05, 0.1) is 13.2 Å². The van der Waals surface area contributed by atoms with Crippen LogP contribution in [0, 0.1) is 0 Å². The van der Waals surface area contributed by atoms with Crippen molar-refractivity contribution < 1.29 is 4.74 Å². The fourth-order valence-corrected chi connectivity index (χ4v) is 0.999. The van der Waals surface area contributed by atoms with Crippen molar-refractivity contribution in [3.05, 3.63) is 0 Å². The third-order valence-electron chi connectivity index (χ3n) is 1.50. The van der Waals surface area contributed by atoms with Crippen LogP contribution in [0.3, 0.4) is 0 Å². The first kappa shape index (κ1) is 10.2. The molecule has 0 saturated carbocycles. The molecule has 0 amide bonds. The molecule has 1 aliphatic rings. The predicted molar refractivity (Wildman–Crippen MR) is 43.5 cm³/mol. The van der Waals surface area contributed by atoms with Gasteiger partial charge in [-0.05, 0) is 7.05 Å². The summed E-state index contributed by atoms with van der Waals surface area (Å²) in [6, 6.07) is 0.206. The number of halogens is 1. The van der Waals surface area contributed by atoms with Crippen LogP contribution in [-0.4, -0.2) is 44.3 Å². The van der Waals surface area contributed by atoms with E-state index in [1.165, 1.54) is 0 Å². The zero-order valence-electron chi connectivity index (χ0n) is 6.25. The Morgan fingerprint density at radius 2 is 2.30 bits per heavy atom. The number of ether oxygens (including phenoxy) is 1. The first-order chi connectivity index (χ1) is 4.29. The number of nitrogens with zero attached hydrogens (tertiary/aromatic N) is 1. The molecule has 10 heavy (non-hydrogen) atoms. The van der Waals surface area contributed by atoms with E-state index in [1.54, 1.807) is 0 Å². The Labute approximate surface area is 67.9 Å². The number of rotatable bonds is 0. The summed E-state index contributed by atoms with van der Waals surface area (Å²) in [6.45, 7) is 3.50. The molecule has 0 aromatic rings. The third kappa shape index (κ3) is 3.37. The minimum atomic E-state index is 0. The summed E-state index contributed by atoms with van der Waals surface area (Å²) in [5, 5.41) is 0. The van der Waals surface area contributed by atoms with Gasteiger partial charge in [0.15, 0.2) is 0 Å². The smallest absolute Gasteiger partial charge is 0.0630 e. The minimum absolute atomic E-state index is 0. The second-order valence-corrected chi connectivity index (χ2v) is 2.60. The van der Waals surface area contributed by atoms with Gasteiger partial charge in [0, 0.05) is 19.1 Å². The monoisotopic (exact) mass is 166 g/mol. The van der Waals surface area contributed by atoms with E-state index in [4.69, 9.17) is 10.5 Å². The summed E-state index contributed by atoms with van der Waals surface area (Å²) in [6.07, 6.45) is 0. The van der Waals surface area contributed by atoms with Crippen LogP contribution in [0.2, 0.25) is 0 Å². The van der Waals surface area contributed by atoms with Gasteiger partial charge in [-0.2, -0.15) is 0 Å². The van der Waals surface area contributed by atoms with Crippen LogP contribution in [0.1, 0.15) is 0 Å². The Hall–Kier alpha value is 0.170. The molecule has 3 nitrogen and oxygen atoms in total. The molecule has 0 aliphatic carbocycles. The molecule has 1 unspecified atom stereocenters. The molecule has 0 radical (unpaired) electrons. The Bertz CT molecular complexity index is 81.8. The normalized spacial score (nSPS) is 28.8. The van der Waals surface area contributed by atoms with E-state index in [0.717, 1.165) is 19.7 Å². The van der Waals surface area contributed by atoms with Crippen molar-refractivity contribution in [2.24, 2.45) is 5.73 Å². The molecule has 62 valence electrons. The molecule has 1 rings (SSSR count). The summed E-state index contributed by atoms with van der Waals surface area (Å²) in [5.41, 5.74) is 5.66. The topological polar surface area (TPSA) is 38.5 Å². The van der Waals surface area contributed by atoms with E-state index >= 15 is 0 Å². The molecular weight excluding hydrogens is 152 g/mol. The highest BCUT2D eigenvalue weighted by atomic mass is 35.5. The molecular formula is C6H15ClN2O. The van der Waals surface area contributed by atoms with Crippen molar-refractivity contribution in [1.29, 1.82) is 0 Å². The second-order valence-electron chi connectivity index (χ2n) is 2.60. The van der Waals surface area contributed by atoms with Gasteiger partial charge in [0.25, 0.3) is 0 Å². The van der Waals surface area contributed by atoms with Gasteiger partial charge in [0.2, 0.25) is 0 Å².